The van der Waals surface area contributed by atoms with Crippen LogP contribution in [0, 0.1) is 29.5 Å². The van der Waals surface area contributed by atoms with E-state index in [1.807, 2.05) is 0 Å². The van der Waals surface area contributed by atoms with Crippen LogP contribution < -0.4 is 10.7 Å². The molecule has 0 saturated carbocycles. The molecule has 0 spiro atoms. The molecule has 1 aliphatic heterocycles. The van der Waals surface area contributed by atoms with Gasteiger partial charge in [0.2, 0.25) is 5.04 Å². The maximum absolute atomic E-state index is 13.5. The fourth-order valence-electron chi connectivity index (χ4n) is 4.41. The van der Waals surface area contributed by atoms with Crippen molar-refractivity contribution in [2.75, 3.05) is 38.5 Å². The van der Waals surface area contributed by atoms with Crippen LogP contribution >= 0.6 is 0 Å². The van der Waals surface area contributed by atoms with Gasteiger partial charge in [-0.1, -0.05) is 6.92 Å². The molecule has 14 heteroatoms. The lowest BCUT2D eigenvalue weighted by Gasteiger charge is -2.42. The van der Waals surface area contributed by atoms with Crippen molar-refractivity contribution in [3.63, 3.8) is 0 Å². The van der Waals surface area contributed by atoms with E-state index in [2.05, 4.69) is 15.8 Å². The summed E-state index contributed by atoms with van der Waals surface area (Å²) < 4.78 is 81.2. The number of sulfonamides is 1. The van der Waals surface area contributed by atoms with Crippen LogP contribution in [0.15, 0.2) is 41.5 Å². The predicted octanol–water partition coefficient (Wildman–Crippen LogP) is 4.24. The van der Waals surface area contributed by atoms with E-state index in [-0.39, 0.29) is 26.2 Å². The number of nitrogens with zero attached hydrogens (tertiary/aromatic N) is 3. The molecule has 1 fully saturated rings. The van der Waals surface area contributed by atoms with E-state index in [1.54, 1.807) is 24.0 Å². The average molecular weight is 570 g/mol. The number of rotatable bonds is 9. The van der Waals surface area contributed by atoms with Crippen molar-refractivity contribution in [2.24, 2.45) is 11.0 Å². The van der Waals surface area contributed by atoms with E-state index in [4.69, 9.17) is 10.8 Å². The normalized spacial score (nSPS) is 18.4. The first-order valence-corrected chi connectivity index (χ1v) is 13.5. The van der Waals surface area contributed by atoms with Gasteiger partial charge in [0.15, 0.2) is 0 Å². The number of piperazine rings is 1. The Morgan fingerprint density at radius 1 is 1.21 bits per heavy atom. The first-order chi connectivity index (χ1) is 18.3. The highest BCUT2D eigenvalue weighted by molar-refractivity contribution is 8.06. The number of aryl methyl sites for hydroxylation is 1. The SMILES string of the molecule is CN/N=C(\C=N)S(=O)(=O)N1CCN(C[C@H](C)C(F)(F)F)[C@H](c2cc(C=N)c(Nc3ccc(F)cc3)cc2C)C1. The molecule has 39 heavy (non-hydrogen) atoms. The van der Waals surface area contributed by atoms with Gasteiger partial charge in [-0.15, -0.1) is 0 Å². The Morgan fingerprint density at radius 3 is 2.44 bits per heavy atom. The quantitative estimate of drug-likeness (QED) is 0.156. The highest BCUT2D eigenvalue weighted by atomic mass is 32.2. The Bertz CT molecular complexity index is 1330. The first kappa shape index (κ1) is 30.2. The largest absolute Gasteiger partial charge is 0.392 e. The fourth-order valence-corrected chi connectivity index (χ4v) is 5.69. The standard InChI is InChI=1S/C25H31F4N7O2S/c1-16-10-22(33-20-6-4-19(26)5-7-20)18(12-30)11-21(16)23-15-36(39(37,38)24(13-31)34-32-3)9-8-35(23)14-17(2)25(27,28)29/h4-7,10-13,17,23,30-33H,8-9,14-15H2,1-3H3/b30-12?,31-13?,34-24+/t17-,23-/m0/s1. The van der Waals surface area contributed by atoms with E-state index < -0.39 is 39.0 Å². The summed E-state index contributed by atoms with van der Waals surface area (Å²) >= 11 is 0. The highest BCUT2D eigenvalue weighted by Gasteiger charge is 2.42. The molecular weight excluding hydrogens is 538 g/mol. The Morgan fingerprint density at radius 2 is 1.87 bits per heavy atom. The number of anilines is 2. The van der Waals surface area contributed by atoms with Crippen LogP contribution in [0.1, 0.15) is 29.7 Å². The number of alkyl halides is 3. The maximum Gasteiger partial charge on any atom is 0.392 e. The minimum atomic E-state index is -4.43. The van der Waals surface area contributed by atoms with E-state index in [1.165, 1.54) is 31.3 Å². The van der Waals surface area contributed by atoms with Crippen molar-refractivity contribution in [3.8, 4) is 0 Å². The third-order valence-corrected chi connectivity index (χ3v) is 8.30. The van der Waals surface area contributed by atoms with Crippen LogP contribution in [0.25, 0.3) is 0 Å². The minimum Gasteiger partial charge on any atom is -0.355 e. The van der Waals surface area contributed by atoms with E-state index in [9.17, 15) is 26.0 Å². The van der Waals surface area contributed by atoms with Gasteiger partial charge >= 0.3 is 6.18 Å². The van der Waals surface area contributed by atoms with Crippen LogP contribution in [-0.4, -0.2) is 74.5 Å². The van der Waals surface area contributed by atoms with E-state index in [0.717, 1.165) is 17.4 Å². The first-order valence-electron chi connectivity index (χ1n) is 12.0. The molecule has 0 bridgehead atoms. The van der Waals surface area contributed by atoms with E-state index >= 15 is 0 Å². The Labute approximate surface area is 225 Å². The third-order valence-electron chi connectivity index (χ3n) is 6.55. The minimum absolute atomic E-state index is 0.0180. The molecule has 0 aliphatic carbocycles. The van der Waals surface area contributed by atoms with Gasteiger partial charge in [0.25, 0.3) is 10.0 Å². The van der Waals surface area contributed by atoms with Gasteiger partial charge in [0, 0.05) is 62.4 Å². The summed E-state index contributed by atoms with van der Waals surface area (Å²) in [6.45, 7) is 2.25. The predicted molar refractivity (Wildman–Crippen MR) is 144 cm³/mol. The highest BCUT2D eigenvalue weighted by Crippen LogP contribution is 2.35. The summed E-state index contributed by atoms with van der Waals surface area (Å²) in [6.07, 6.45) is -2.74. The number of hydrazone groups is 1. The molecule has 1 heterocycles. The van der Waals surface area contributed by atoms with Crippen molar-refractivity contribution in [3.05, 3.63) is 58.9 Å². The van der Waals surface area contributed by atoms with Crippen LogP contribution in [0.2, 0.25) is 0 Å². The number of benzene rings is 2. The molecule has 2 aromatic rings. The van der Waals surface area contributed by atoms with Crippen molar-refractivity contribution in [2.45, 2.75) is 26.1 Å². The zero-order valence-corrected chi connectivity index (χ0v) is 22.5. The van der Waals surface area contributed by atoms with Gasteiger partial charge in [-0.2, -0.15) is 22.6 Å². The monoisotopic (exact) mass is 569 g/mol. The molecule has 212 valence electrons. The number of nitrogens with one attached hydrogen (secondary N) is 4. The van der Waals surface area contributed by atoms with Crippen LogP contribution in [0.4, 0.5) is 28.9 Å². The molecule has 1 saturated heterocycles. The molecule has 0 unspecified atom stereocenters. The molecule has 0 radical (unpaired) electrons. The van der Waals surface area contributed by atoms with Crippen LogP contribution in [0.3, 0.4) is 0 Å². The van der Waals surface area contributed by atoms with E-state index in [0.29, 0.717) is 34.3 Å². The van der Waals surface area contributed by atoms with Gasteiger partial charge in [0.1, 0.15) is 5.82 Å². The van der Waals surface area contributed by atoms with Gasteiger partial charge in [-0.05, 0) is 54.4 Å². The van der Waals surface area contributed by atoms with Crippen LogP contribution in [-0.2, 0) is 10.0 Å². The zero-order chi connectivity index (χ0) is 29.0. The lowest BCUT2D eigenvalue weighted by Crippen LogP contribution is -2.53. The molecule has 2 atom stereocenters. The summed E-state index contributed by atoms with van der Waals surface area (Å²) in [5.41, 5.74) is 5.10. The smallest absolute Gasteiger partial charge is 0.355 e. The Kier molecular flexibility index (Phi) is 9.46. The fraction of sp³-hybridized carbons (Fsp3) is 0.400. The molecule has 0 amide bonds. The van der Waals surface area contributed by atoms with Crippen molar-refractivity contribution in [1.82, 2.24) is 14.6 Å². The second-order valence-electron chi connectivity index (χ2n) is 9.21. The molecule has 1 aliphatic rings. The van der Waals surface area contributed by atoms with Gasteiger partial charge in [-0.3, -0.25) is 4.90 Å². The van der Waals surface area contributed by atoms with Crippen LogP contribution in [0.5, 0.6) is 0 Å². The molecule has 9 nitrogen and oxygen atoms in total. The van der Waals surface area contributed by atoms with Crippen molar-refractivity contribution < 1.29 is 26.0 Å². The second-order valence-corrected chi connectivity index (χ2v) is 11.1. The number of halogens is 4. The Hall–Kier alpha value is -3.36. The number of hydrogen-bond donors (Lipinski definition) is 4. The lowest BCUT2D eigenvalue weighted by atomic mass is 9.94. The van der Waals surface area contributed by atoms with Gasteiger partial charge in [-0.25, -0.2) is 12.8 Å². The second kappa shape index (κ2) is 12.2. The summed E-state index contributed by atoms with van der Waals surface area (Å²) in [5.74, 6) is -2.07. The van der Waals surface area contributed by atoms with Crippen molar-refractivity contribution in [1.29, 1.82) is 10.8 Å². The topological polar surface area (TPSA) is 125 Å². The summed E-state index contributed by atoms with van der Waals surface area (Å²) in [5, 5.41) is 21.7. The molecule has 4 N–H and O–H groups in total. The molecule has 3 rings (SSSR count). The average Bonchev–Trinajstić information content (AvgIpc) is 2.88. The van der Waals surface area contributed by atoms with Gasteiger partial charge < -0.3 is 21.6 Å². The molecule has 0 aromatic heterocycles. The zero-order valence-electron chi connectivity index (χ0n) is 21.7. The summed E-state index contributed by atoms with van der Waals surface area (Å²) in [6, 6.07) is 8.24. The number of hydrogen-bond acceptors (Lipinski definition) is 8. The maximum atomic E-state index is 13.5. The third kappa shape index (κ3) is 6.99. The van der Waals surface area contributed by atoms with Crippen molar-refractivity contribution >= 4 is 38.9 Å². The summed E-state index contributed by atoms with van der Waals surface area (Å²) in [4.78, 5) is 1.60. The lowest BCUT2D eigenvalue weighted by molar-refractivity contribution is -0.176. The molecular formula is C25H31F4N7O2S. The Balaban J connectivity index is 2.04. The summed E-state index contributed by atoms with van der Waals surface area (Å²) in [7, 11) is -2.81. The van der Waals surface area contributed by atoms with Gasteiger partial charge in [0.05, 0.1) is 12.1 Å². The molecule has 2 aromatic carbocycles.